The van der Waals surface area contributed by atoms with Crippen molar-refractivity contribution in [2.45, 2.75) is 38.6 Å². The molecule has 31 heavy (non-hydrogen) atoms. The van der Waals surface area contributed by atoms with Gasteiger partial charge in [-0.2, -0.15) is 0 Å². The molecule has 1 fully saturated rings. The Kier molecular flexibility index (Phi) is 5.13. The Hall–Kier alpha value is -3.12. The second-order valence-electron chi connectivity index (χ2n) is 8.73. The minimum absolute atomic E-state index is 0.0451. The van der Waals surface area contributed by atoms with Gasteiger partial charge in [-0.15, -0.1) is 0 Å². The zero-order chi connectivity index (χ0) is 22.5. The summed E-state index contributed by atoms with van der Waals surface area (Å²) in [6, 6.07) is 11.5. The SMILES string of the molecule is C[C@H]1CC(C)(C)N(C)c2ccc(/C=C3\C(=O)NC(=O)N(c4cccc(Cl)c4)C3=O)cc21. The molecule has 0 radical (unpaired) electrons. The molecule has 4 amide bonds. The zero-order valence-electron chi connectivity index (χ0n) is 17.9. The molecule has 2 heterocycles. The van der Waals surface area contributed by atoms with E-state index in [1.165, 1.54) is 17.7 Å². The first-order valence-electron chi connectivity index (χ1n) is 10.1. The van der Waals surface area contributed by atoms with E-state index in [9.17, 15) is 14.4 Å². The van der Waals surface area contributed by atoms with Gasteiger partial charge in [-0.3, -0.25) is 14.9 Å². The normalized spacial score (nSPS) is 21.9. The number of benzene rings is 2. The van der Waals surface area contributed by atoms with Crippen molar-refractivity contribution in [2.24, 2.45) is 0 Å². The van der Waals surface area contributed by atoms with E-state index in [0.29, 0.717) is 16.6 Å². The molecule has 1 saturated heterocycles. The second-order valence-corrected chi connectivity index (χ2v) is 9.17. The number of halogens is 1. The molecule has 0 aliphatic carbocycles. The molecule has 6 nitrogen and oxygen atoms in total. The van der Waals surface area contributed by atoms with Crippen LogP contribution in [0.25, 0.3) is 6.08 Å². The molecule has 0 bridgehead atoms. The van der Waals surface area contributed by atoms with E-state index in [2.05, 4.69) is 38.0 Å². The predicted molar refractivity (Wildman–Crippen MR) is 122 cm³/mol. The smallest absolute Gasteiger partial charge is 0.335 e. The fourth-order valence-electron chi connectivity index (χ4n) is 4.36. The van der Waals surface area contributed by atoms with Crippen molar-refractivity contribution in [3.8, 4) is 0 Å². The first kappa shape index (κ1) is 21.1. The summed E-state index contributed by atoms with van der Waals surface area (Å²) in [6.07, 6.45) is 2.53. The van der Waals surface area contributed by atoms with E-state index >= 15 is 0 Å². The van der Waals surface area contributed by atoms with Crippen molar-refractivity contribution in [1.29, 1.82) is 0 Å². The summed E-state index contributed by atoms with van der Waals surface area (Å²) in [5, 5.41) is 2.63. The van der Waals surface area contributed by atoms with Crippen LogP contribution in [0.1, 0.15) is 44.2 Å². The molecule has 1 N–H and O–H groups in total. The lowest BCUT2D eigenvalue weighted by Gasteiger charge is -2.45. The lowest BCUT2D eigenvalue weighted by Crippen LogP contribution is -2.54. The molecule has 2 aromatic rings. The number of urea groups is 1. The number of fused-ring (bicyclic) bond motifs is 1. The first-order chi connectivity index (χ1) is 14.6. The Morgan fingerprint density at radius 1 is 1.13 bits per heavy atom. The molecular weight excluding hydrogens is 414 g/mol. The van der Waals surface area contributed by atoms with Crippen molar-refractivity contribution in [2.75, 3.05) is 16.8 Å². The summed E-state index contributed by atoms with van der Waals surface area (Å²) in [6.45, 7) is 6.62. The van der Waals surface area contributed by atoms with Crippen LogP contribution in [0.2, 0.25) is 5.02 Å². The van der Waals surface area contributed by atoms with Crippen LogP contribution in [0.4, 0.5) is 16.2 Å². The number of anilines is 2. The molecule has 4 rings (SSSR count). The Bertz CT molecular complexity index is 1140. The quantitative estimate of drug-likeness (QED) is 0.544. The van der Waals surface area contributed by atoms with Crippen LogP contribution >= 0.6 is 11.6 Å². The van der Waals surface area contributed by atoms with E-state index in [1.54, 1.807) is 18.2 Å². The lowest BCUT2D eigenvalue weighted by molar-refractivity contribution is -0.122. The number of hydrogen-bond acceptors (Lipinski definition) is 4. The largest absolute Gasteiger partial charge is 0.369 e. The highest BCUT2D eigenvalue weighted by atomic mass is 35.5. The Labute approximate surface area is 186 Å². The molecule has 7 heteroatoms. The van der Waals surface area contributed by atoms with Crippen molar-refractivity contribution < 1.29 is 14.4 Å². The molecule has 0 aromatic heterocycles. The zero-order valence-corrected chi connectivity index (χ0v) is 18.7. The summed E-state index contributed by atoms with van der Waals surface area (Å²) >= 11 is 6.01. The summed E-state index contributed by atoms with van der Waals surface area (Å²) in [5.41, 5.74) is 3.29. The molecule has 2 aliphatic heterocycles. The fraction of sp³-hybridized carbons (Fsp3) is 0.292. The second kappa shape index (κ2) is 7.54. The number of nitrogens with one attached hydrogen (secondary N) is 1. The van der Waals surface area contributed by atoms with E-state index in [0.717, 1.165) is 22.6 Å². The van der Waals surface area contributed by atoms with Gasteiger partial charge < -0.3 is 4.90 Å². The monoisotopic (exact) mass is 437 g/mol. The van der Waals surface area contributed by atoms with Crippen molar-refractivity contribution in [3.05, 3.63) is 64.2 Å². The number of nitrogens with zero attached hydrogens (tertiary/aromatic N) is 2. The van der Waals surface area contributed by atoms with Gasteiger partial charge >= 0.3 is 6.03 Å². The van der Waals surface area contributed by atoms with E-state index < -0.39 is 17.8 Å². The van der Waals surface area contributed by atoms with Crippen LogP contribution < -0.4 is 15.1 Å². The maximum absolute atomic E-state index is 13.1. The highest BCUT2D eigenvalue weighted by Gasteiger charge is 2.37. The number of rotatable bonds is 2. The Balaban J connectivity index is 1.73. The predicted octanol–water partition coefficient (Wildman–Crippen LogP) is 4.73. The molecule has 0 saturated carbocycles. The minimum atomic E-state index is -0.794. The van der Waals surface area contributed by atoms with Gasteiger partial charge in [0.25, 0.3) is 11.8 Å². The maximum atomic E-state index is 13.1. The highest BCUT2D eigenvalue weighted by molar-refractivity contribution is 6.39. The summed E-state index contributed by atoms with van der Waals surface area (Å²) in [4.78, 5) is 41.1. The highest BCUT2D eigenvalue weighted by Crippen LogP contribution is 2.42. The summed E-state index contributed by atoms with van der Waals surface area (Å²) in [5.74, 6) is -1.06. The number of carbonyl (C=O) groups is 3. The van der Waals surface area contributed by atoms with E-state index in [-0.39, 0.29) is 11.1 Å². The van der Waals surface area contributed by atoms with Crippen molar-refractivity contribution in [1.82, 2.24) is 5.32 Å². The Morgan fingerprint density at radius 2 is 1.87 bits per heavy atom. The maximum Gasteiger partial charge on any atom is 0.335 e. The Morgan fingerprint density at radius 3 is 2.58 bits per heavy atom. The first-order valence-corrected chi connectivity index (χ1v) is 10.5. The average Bonchev–Trinajstić information content (AvgIpc) is 2.69. The van der Waals surface area contributed by atoms with Crippen LogP contribution in [0.3, 0.4) is 0 Å². The van der Waals surface area contributed by atoms with E-state index in [4.69, 9.17) is 11.6 Å². The van der Waals surface area contributed by atoms with Crippen LogP contribution in [0.5, 0.6) is 0 Å². The van der Waals surface area contributed by atoms with Gasteiger partial charge in [-0.05, 0) is 73.7 Å². The third-order valence-corrected chi connectivity index (χ3v) is 6.37. The molecule has 160 valence electrons. The van der Waals surface area contributed by atoms with E-state index in [1.807, 2.05) is 18.2 Å². The standard InChI is InChI=1S/C24H24ClN3O3/c1-14-13-24(2,3)27(4)20-9-8-15(10-18(14)20)11-19-21(29)26-23(31)28(22(19)30)17-7-5-6-16(25)12-17/h5-12,14H,13H2,1-4H3,(H,26,29,31)/b19-11+/t14-/m0/s1. The number of barbiturate groups is 1. The molecular formula is C24H24ClN3O3. The number of hydrogen-bond donors (Lipinski definition) is 1. The van der Waals surface area contributed by atoms with Crippen molar-refractivity contribution in [3.63, 3.8) is 0 Å². The van der Waals surface area contributed by atoms with Crippen LogP contribution in [-0.4, -0.2) is 30.4 Å². The van der Waals surface area contributed by atoms with Gasteiger partial charge in [0.1, 0.15) is 5.57 Å². The topological polar surface area (TPSA) is 69.7 Å². The summed E-state index contributed by atoms with van der Waals surface area (Å²) in [7, 11) is 2.08. The van der Waals surface area contributed by atoms with Crippen molar-refractivity contribution >= 4 is 46.9 Å². The molecule has 1 atom stereocenters. The van der Waals surface area contributed by atoms with Crippen LogP contribution in [0.15, 0.2) is 48.0 Å². The number of carbonyl (C=O) groups excluding carboxylic acids is 3. The summed E-state index contributed by atoms with van der Waals surface area (Å²) < 4.78 is 0. The lowest BCUT2D eigenvalue weighted by atomic mass is 9.80. The van der Waals surface area contributed by atoms with Gasteiger partial charge in [-0.1, -0.05) is 30.7 Å². The van der Waals surface area contributed by atoms with Gasteiger partial charge in [0.2, 0.25) is 0 Å². The third-order valence-electron chi connectivity index (χ3n) is 6.14. The van der Waals surface area contributed by atoms with Gasteiger partial charge in [-0.25, -0.2) is 9.69 Å². The third kappa shape index (κ3) is 3.72. The van der Waals surface area contributed by atoms with Crippen LogP contribution in [0, 0.1) is 0 Å². The number of imide groups is 2. The average molecular weight is 438 g/mol. The molecule has 2 aromatic carbocycles. The molecule has 0 spiro atoms. The van der Waals surface area contributed by atoms with Gasteiger partial charge in [0.05, 0.1) is 5.69 Å². The van der Waals surface area contributed by atoms with Gasteiger partial charge in [0.15, 0.2) is 0 Å². The molecule has 0 unspecified atom stereocenters. The van der Waals surface area contributed by atoms with Gasteiger partial charge in [0, 0.05) is 23.3 Å². The fourth-order valence-corrected chi connectivity index (χ4v) is 4.54. The number of amides is 4. The molecule has 2 aliphatic rings. The van der Waals surface area contributed by atoms with Crippen LogP contribution in [-0.2, 0) is 9.59 Å². The minimum Gasteiger partial charge on any atom is -0.369 e.